The zero-order valence-electron chi connectivity index (χ0n) is 11.0. The monoisotopic (exact) mass is 283 g/mol. The molecule has 110 valence electrons. The number of rotatable bonds is 7. The van der Waals surface area contributed by atoms with Gasteiger partial charge in [-0.3, -0.25) is 9.59 Å². The normalized spacial score (nSPS) is 11.5. The maximum absolute atomic E-state index is 11.6. The van der Waals surface area contributed by atoms with Gasteiger partial charge in [0.05, 0.1) is 26.5 Å². The molecule has 0 radical (unpaired) electrons. The van der Waals surface area contributed by atoms with Crippen LogP contribution in [-0.2, 0) is 25.5 Å². The van der Waals surface area contributed by atoms with E-state index in [1.807, 2.05) is 0 Å². The number of aromatic nitrogens is 2. The molecule has 1 heterocycles. The minimum atomic E-state index is -0.859. The molecule has 0 aliphatic rings. The Hall–Kier alpha value is -2.42. The van der Waals surface area contributed by atoms with Gasteiger partial charge in [0.2, 0.25) is 11.8 Å². The zero-order valence-corrected chi connectivity index (χ0v) is 11.0. The molecule has 1 aromatic heterocycles. The number of ether oxygens (including phenoxy) is 1. The van der Waals surface area contributed by atoms with Gasteiger partial charge in [-0.05, 0) is 0 Å². The molecule has 0 saturated carbocycles. The second-order valence-electron chi connectivity index (χ2n) is 3.91. The van der Waals surface area contributed by atoms with E-state index >= 15 is 0 Å². The molecule has 0 bridgehead atoms. The predicted molar refractivity (Wildman–Crippen MR) is 68.3 cm³/mol. The first-order chi connectivity index (χ1) is 9.56. The van der Waals surface area contributed by atoms with Crippen LogP contribution in [-0.4, -0.2) is 54.0 Å². The number of esters is 1. The molecule has 5 N–H and O–H groups in total. The van der Waals surface area contributed by atoms with Crippen LogP contribution in [0.3, 0.4) is 0 Å². The van der Waals surface area contributed by atoms with Crippen LogP contribution in [0.15, 0.2) is 12.5 Å². The molecular formula is C11H17N5O4. The lowest BCUT2D eigenvalue weighted by Crippen LogP contribution is -2.47. The van der Waals surface area contributed by atoms with Crippen molar-refractivity contribution in [3.63, 3.8) is 0 Å². The Labute approximate surface area is 115 Å². The number of H-pyrrole nitrogens is 1. The SMILES string of the molecule is COC(=O)[C@H](Cc1cnc[nH]1)NC(=O)CNC(=O)CN. The number of nitrogens with one attached hydrogen (secondary N) is 3. The molecule has 1 rings (SSSR count). The molecule has 0 unspecified atom stereocenters. The number of aromatic amines is 1. The van der Waals surface area contributed by atoms with Crippen molar-refractivity contribution in [2.24, 2.45) is 5.73 Å². The summed E-state index contributed by atoms with van der Waals surface area (Å²) in [4.78, 5) is 40.8. The first-order valence-corrected chi connectivity index (χ1v) is 5.88. The highest BCUT2D eigenvalue weighted by atomic mass is 16.5. The number of nitrogens with zero attached hydrogens (tertiary/aromatic N) is 1. The largest absolute Gasteiger partial charge is 0.467 e. The number of imidazole rings is 1. The minimum absolute atomic E-state index is 0.206. The molecule has 0 aliphatic carbocycles. The van der Waals surface area contributed by atoms with Gasteiger partial charge in [0.15, 0.2) is 0 Å². The molecule has 20 heavy (non-hydrogen) atoms. The molecular weight excluding hydrogens is 266 g/mol. The molecule has 0 saturated heterocycles. The summed E-state index contributed by atoms with van der Waals surface area (Å²) in [5, 5.41) is 4.77. The molecule has 2 amide bonds. The fourth-order valence-electron chi connectivity index (χ4n) is 1.45. The molecule has 0 aliphatic heterocycles. The van der Waals surface area contributed by atoms with E-state index < -0.39 is 23.8 Å². The van der Waals surface area contributed by atoms with E-state index in [1.54, 1.807) is 0 Å². The van der Waals surface area contributed by atoms with E-state index in [9.17, 15) is 14.4 Å². The Morgan fingerprint density at radius 3 is 2.75 bits per heavy atom. The zero-order chi connectivity index (χ0) is 15.0. The van der Waals surface area contributed by atoms with Crippen LogP contribution in [0.25, 0.3) is 0 Å². The number of amides is 2. The van der Waals surface area contributed by atoms with E-state index in [0.29, 0.717) is 5.69 Å². The fourth-order valence-corrected chi connectivity index (χ4v) is 1.45. The van der Waals surface area contributed by atoms with Gasteiger partial charge in [-0.2, -0.15) is 0 Å². The smallest absolute Gasteiger partial charge is 0.328 e. The standard InChI is InChI=1S/C11H17N5O4/c1-20-11(19)8(2-7-4-13-6-15-7)16-10(18)5-14-9(17)3-12/h4,6,8H,2-3,5,12H2,1H3,(H,13,15)(H,14,17)(H,16,18)/t8-/m0/s1. The van der Waals surface area contributed by atoms with Crippen molar-refractivity contribution in [3.05, 3.63) is 18.2 Å². The summed E-state index contributed by atoms with van der Waals surface area (Å²) in [6, 6.07) is -0.859. The molecule has 1 aromatic rings. The summed E-state index contributed by atoms with van der Waals surface area (Å²) in [7, 11) is 1.23. The van der Waals surface area contributed by atoms with Crippen molar-refractivity contribution in [2.75, 3.05) is 20.2 Å². The van der Waals surface area contributed by atoms with Gasteiger partial charge in [-0.1, -0.05) is 0 Å². The van der Waals surface area contributed by atoms with E-state index in [1.165, 1.54) is 19.6 Å². The van der Waals surface area contributed by atoms with Gasteiger partial charge in [0.25, 0.3) is 0 Å². The van der Waals surface area contributed by atoms with E-state index in [0.717, 1.165) is 0 Å². The number of hydrogen-bond donors (Lipinski definition) is 4. The van der Waals surface area contributed by atoms with E-state index in [-0.39, 0.29) is 19.5 Å². The third kappa shape index (κ3) is 5.06. The summed E-state index contributed by atoms with van der Waals surface area (Å²) in [6.07, 6.45) is 3.22. The lowest BCUT2D eigenvalue weighted by atomic mass is 10.1. The topological polar surface area (TPSA) is 139 Å². The van der Waals surface area contributed by atoms with Crippen molar-refractivity contribution in [1.82, 2.24) is 20.6 Å². The highest BCUT2D eigenvalue weighted by Gasteiger charge is 2.22. The summed E-state index contributed by atoms with van der Waals surface area (Å²) >= 11 is 0. The minimum Gasteiger partial charge on any atom is -0.467 e. The Bertz CT molecular complexity index is 459. The number of hydrogen-bond acceptors (Lipinski definition) is 6. The van der Waals surface area contributed by atoms with Crippen molar-refractivity contribution >= 4 is 17.8 Å². The quantitative estimate of drug-likeness (QED) is 0.414. The summed E-state index contributed by atoms with van der Waals surface area (Å²) in [5.74, 6) is -1.55. The van der Waals surface area contributed by atoms with Gasteiger partial charge < -0.3 is 26.1 Å². The molecule has 0 spiro atoms. The lowest BCUT2D eigenvalue weighted by Gasteiger charge is -2.15. The van der Waals surface area contributed by atoms with Crippen LogP contribution in [0, 0.1) is 0 Å². The van der Waals surface area contributed by atoms with Gasteiger partial charge in [-0.15, -0.1) is 0 Å². The lowest BCUT2D eigenvalue weighted by molar-refractivity contribution is -0.145. The van der Waals surface area contributed by atoms with Crippen LogP contribution < -0.4 is 16.4 Å². The maximum Gasteiger partial charge on any atom is 0.328 e. The van der Waals surface area contributed by atoms with Crippen molar-refractivity contribution in [2.45, 2.75) is 12.5 Å². The Kier molecular flexibility index (Phi) is 6.17. The van der Waals surface area contributed by atoms with Crippen LogP contribution in [0.2, 0.25) is 0 Å². The van der Waals surface area contributed by atoms with Gasteiger partial charge in [-0.25, -0.2) is 9.78 Å². The summed E-state index contributed by atoms with van der Waals surface area (Å²) in [5.41, 5.74) is 5.76. The Morgan fingerprint density at radius 1 is 1.45 bits per heavy atom. The van der Waals surface area contributed by atoms with Crippen LogP contribution in [0.5, 0.6) is 0 Å². The molecule has 1 atom stereocenters. The van der Waals surface area contributed by atoms with Crippen molar-refractivity contribution in [1.29, 1.82) is 0 Å². The predicted octanol–water partition coefficient (Wildman–Crippen LogP) is -2.32. The molecule has 0 aromatic carbocycles. The Balaban J connectivity index is 2.54. The highest BCUT2D eigenvalue weighted by Crippen LogP contribution is 2.00. The van der Waals surface area contributed by atoms with Crippen LogP contribution >= 0.6 is 0 Å². The second kappa shape index (κ2) is 7.89. The van der Waals surface area contributed by atoms with Crippen LogP contribution in [0.1, 0.15) is 5.69 Å². The first-order valence-electron chi connectivity index (χ1n) is 5.88. The summed E-state index contributed by atoms with van der Waals surface area (Å²) < 4.78 is 4.61. The number of carbonyl (C=O) groups is 3. The number of methoxy groups -OCH3 is 1. The van der Waals surface area contributed by atoms with Gasteiger partial charge in [0.1, 0.15) is 6.04 Å². The average Bonchev–Trinajstić information content (AvgIpc) is 2.96. The molecule has 9 nitrogen and oxygen atoms in total. The molecule has 9 heteroatoms. The number of nitrogens with two attached hydrogens (primary N) is 1. The average molecular weight is 283 g/mol. The number of carbonyl (C=O) groups excluding carboxylic acids is 3. The van der Waals surface area contributed by atoms with E-state index in [2.05, 4.69) is 25.3 Å². The molecule has 0 fully saturated rings. The third-order valence-corrected chi connectivity index (χ3v) is 2.43. The third-order valence-electron chi connectivity index (χ3n) is 2.43. The first kappa shape index (κ1) is 15.6. The Morgan fingerprint density at radius 2 is 2.20 bits per heavy atom. The fraction of sp³-hybridized carbons (Fsp3) is 0.455. The highest BCUT2D eigenvalue weighted by molar-refractivity contribution is 5.88. The van der Waals surface area contributed by atoms with Gasteiger partial charge in [0, 0.05) is 18.3 Å². The maximum atomic E-state index is 11.6. The second-order valence-corrected chi connectivity index (χ2v) is 3.91. The van der Waals surface area contributed by atoms with E-state index in [4.69, 9.17) is 5.73 Å². The van der Waals surface area contributed by atoms with Crippen molar-refractivity contribution in [3.8, 4) is 0 Å². The van der Waals surface area contributed by atoms with Crippen LogP contribution in [0.4, 0.5) is 0 Å². The summed E-state index contributed by atoms with van der Waals surface area (Å²) in [6.45, 7) is -0.464. The van der Waals surface area contributed by atoms with Crippen molar-refractivity contribution < 1.29 is 19.1 Å². The van der Waals surface area contributed by atoms with Gasteiger partial charge >= 0.3 is 5.97 Å².